The van der Waals surface area contributed by atoms with Crippen LogP contribution in [0.4, 0.5) is 0 Å². The first-order valence-electron chi connectivity index (χ1n) is 6.02. The highest BCUT2D eigenvalue weighted by Gasteiger charge is 2.43. The molecule has 0 aromatic heterocycles. The van der Waals surface area contributed by atoms with E-state index in [4.69, 9.17) is 4.74 Å². The summed E-state index contributed by atoms with van der Waals surface area (Å²) in [6, 6.07) is 7.62. The van der Waals surface area contributed by atoms with E-state index in [-0.39, 0.29) is 0 Å². The van der Waals surface area contributed by atoms with Gasteiger partial charge < -0.3 is 9.84 Å². The van der Waals surface area contributed by atoms with Crippen molar-refractivity contribution < 1.29 is 14.6 Å². The highest BCUT2D eigenvalue weighted by molar-refractivity contribution is 8.00. The van der Waals surface area contributed by atoms with Crippen molar-refractivity contribution in [2.24, 2.45) is 0 Å². The number of aliphatic carboxylic acids is 1. The number of rotatable bonds is 1. The van der Waals surface area contributed by atoms with Gasteiger partial charge in [0.05, 0.1) is 13.2 Å². The van der Waals surface area contributed by atoms with Gasteiger partial charge in [-0.05, 0) is 23.3 Å². The predicted molar refractivity (Wildman–Crippen MR) is 69.4 cm³/mol. The van der Waals surface area contributed by atoms with Gasteiger partial charge >= 0.3 is 5.97 Å². The van der Waals surface area contributed by atoms with Crippen LogP contribution in [0.15, 0.2) is 24.3 Å². The molecular formula is C13H15NO3S. The Kier molecular flexibility index (Phi) is 3.05. The Morgan fingerprint density at radius 1 is 1.50 bits per heavy atom. The molecule has 96 valence electrons. The first-order valence-corrected chi connectivity index (χ1v) is 7.00. The molecule has 2 aliphatic heterocycles. The number of benzene rings is 1. The Hall–Kier alpha value is -1.04. The molecule has 0 bridgehead atoms. The van der Waals surface area contributed by atoms with Gasteiger partial charge in [-0.15, -0.1) is 11.8 Å². The third-order valence-corrected chi connectivity index (χ3v) is 4.86. The SMILES string of the molecule is O=C(O)C1CCSC2(COCc3ccccc32)N1. The number of thioether (sulfide) groups is 1. The summed E-state index contributed by atoms with van der Waals surface area (Å²) in [5.74, 6) is 0.0551. The predicted octanol–water partition coefficient (Wildman–Crippen LogP) is 1.55. The van der Waals surface area contributed by atoms with E-state index in [1.165, 1.54) is 5.56 Å². The van der Waals surface area contributed by atoms with Gasteiger partial charge in [0.2, 0.25) is 0 Å². The standard InChI is InChI=1S/C13H15NO3S/c15-12(16)11-5-6-18-13(14-11)8-17-7-9-3-1-2-4-10(9)13/h1-4,11,14H,5-8H2,(H,15,16). The van der Waals surface area contributed by atoms with Gasteiger partial charge in [0.15, 0.2) is 0 Å². The van der Waals surface area contributed by atoms with Gasteiger partial charge in [-0.2, -0.15) is 0 Å². The topological polar surface area (TPSA) is 58.6 Å². The summed E-state index contributed by atoms with van der Waals surface area (Å²) in [5.41, 5.74) is 2.32. The maximum Gasteiger partial charge on any atom is 0.320 e. The molecule has 3 rings (SSSR count). The molecule has 2 unspecified atom stereocenters. The highest BCUT2D eigenvalue weighted by atomic mass is 32.2. The molecule has 18 heavy (non-hydrogen) atoms. The lowest BCUT2D eigenvalue weighted by Crippen LogP contribution is -2.56. The molecule has 0 amide bonds. The van der Waals surface area contributed by atoms with E-state index in [0.29, 0.717) is 19.6 Å². The van der Waals surface area contributed by atoms with Gasteiger partial charge in [-0.1, -0.05) is 24.3 Å². The minimum absolute atomic E-state index is 0.393. The Balaban J connectivity index is 1.98. The number of fused-ring (bicyclic) bond motifs is 2. The van der Waals surface area contributed by atoms with Crippen molar-refractivity contribution in [3.05, 3.63) is 35.4 Å². The number of carboxylic acid groups (broad SMARTS) is 1. The third-order valence-electron chi connectivity index (χ3n) is 3.48. The molecule has 2 heterocycles. The number of nitrogens with one attached hydrogen (secondary N) is 1. The maximum atomic E-state index is 11.2. The van der Waals surface area contributed by atoms with E-state index in [1.807, 2.05) is 18.2 Å². The molecule has 0 radical (unpaired) electrons. The molecule has 1 aromatic rings. The minimum atomic E-state index is -0.780. The Morgan fingerprint density at radius 3 is 3.17 bits per heavy atom. The van der Waals surface area contributed by atoms with Gasteiger partial charge in [-0.25, -0.2) is 0 Å². The summed E-state index contributed by atoms with van der Waals surface area (Å²) in [6.07, 6.45) is 0.657. The van der Waals surface area contributed by atoms with Crippen molar-refractivity contribution in [3.8, 4) is 0 Å². The van der Waals surface area contributed by atoms with E-state index in [2.05, 4.69) is 11.4 Å². The normalized spacial score (nSPS) is 31.0. The van der Waals surface area contributed by atoms with Crippen molar-refractivity contribution in [3.63, 3.8) is 0 Å². The molecule has 0 aliphatic carbocycles. The fourth-order valence-electron chi connectivity index (χ4n) is 2.59. The van der Waals surface area contributed by atoms with Crippen molar-refractivity contribution in [2.45, 2.75) is 23.9 Å². The van der Waals surface area contributed by atoms with Crippen LogP contribution in [0, 0.1) is 0 Å². The van der Waals surface area contributed by atoms with Crippen molar-refractivity contribution >= 4 is 17.7 Å². The summed E-state index contributed by atoms with van der Waals surface area (Å²) >= 11 is 1.75. The number of hydrogen-bond donors (Lipinski definition) is 2. The second-order valence-electron chi connectivity index (χ2n) is 4.65. The van der Waals surface area contributed by atoms with Gasteiger partial charge in [0.25, 0.3) is 0 Å². The van der Waals surface area contributed by atoms with Crippen LogP contribution in [0.5, 0.6) is 0 Å². The van der Waals surface area contributed by atoms with E-state index in [9.17, 15) is 9.90 Å². The molecule has 0 saturated carbocycles. The molecule has 2 N–H and O–H groups in total. The highest BCUT2D eigenvalue weighted by Crippen LogP contribution is 2.42. The van der Waals surface area contributed by atoms with Crippen LogP contribution in [0.3, 0.4) is 0 Å². The largest absolute Gasteiger partial charge is 0.480 e. The molecule has 4 nitrogen and oxygen atoms in total. The molecule has 1 spiro atoms. The van der Waals surface area contributed by atoms with E-state index >= 15 is 0 Å². The van der Waals surface area contributed by atoms with E-state index in [0.717, 1.165) is 11.3 Å². The molecule has 2 aliphatic rings. The zero-order valence-electron chi connectivity index (χ0n) is 9.89. The number of carboxylic acids is 1. The lowest BCUT2D eigenvalue weighted by atomic mass is 9.97. The van der Waals surface area contributed by atoms with Crippen LogP contribution in [-0.2, 0) is 21.0 Å². The molecule has 1 aromatic carbocycles. The van der Waals surface area contributed by atoms with E-state index < -0.39 is 16.9 Å². The van der Waals surface area contributed by atoms with Gasteiger partial charge in [-0.3, -0.25) is 10.1 Å². The smallest absolute Gasteiger partial charge is 0.320 e. The summed E-state index contributed by atoms with van der Waals surface area (Å²) in [7, 11) is 0. The number of hydrogen-bond acceptors (Lipinski definition) is 4. The first kappa shape index (κ1) is 12.0. The summed E-state index contributed by atoms with van der Waals surface area (Å²) < 4.78 is 5.64. The number of carbonyl (C=O) groups is 1. The van der Waals surface area contributed by atoms with Crippen LogP contribution in [-0.4, -0.2) is 29.5 Å². The fourth-order valence-corrected chi connectivity index (χ4v) is 4.04. The van der Waals surface area contributed by atoms with Crippen molar-refractivity contribution in [1.82, 2.24) is 5.32 Å². The van der Waals surface area contributed by atoms with Crippen LogP contribution in [0.1, 0.15) is 17.5 Å². The Morgan fingerprint density at radius 2 is 2.33 bits per heavy atom. The minimum Gasteiger partial charge on any atom is -0.480 e. The van der Waals surface area contributed by atoms with Crippen LogP contribution >= 0.6 is 11.8 Å². The molecule has 2 atom stereocenters. The van der Waals surface area contributed by atoms with Crippen molar-refractivity contribution in [1.29, 1.82) is 0 Å². The van der Waals surface area contributed by atoms with Gasteiger partial charge in [0, 0.05) is 0 Å². The number of ether oxygens (including phenoxy) is 1. The van der Waals surface area contributed by atoms with Crippen LogP contribution < -0.4 is 5.32 Å². The van der Waals surface area contributed by atoms with E-state index in [1.54, 1.807) is 11.8 Å². The zero-order valence-corrected chi connectivity index (χ0v) is 10.7. The second kappa shape index (κ2) is 4.57. The molecule has 1 saturated heterocycles. The quantitative estimate of drug-likeness (QED) is 0.807. The summed E-state index contributed by atoms with van der Waals surface area (Å²) in [4.78, 5) is 10.8. The maximum absolute atomic E-state index is 11.2. The van der Waals surface area contributed by atoms with Crippen molar-refractivity contribution in [2.75, 3.05) is 12.4 Å². The zero-order chi connectivity index (χ0) is 12.6. The molecular weight excluding hydrogens is 250 g/mol. The second-order valence-corrected chi connectivity index (χ2v) is 6.04. The molecule has 5 heteroatoms. The van der Waals surface area contributed by atoms with Gasteiger partial charge in [0.1, 0.15) is 10.9 Å². The lowest BCUT2D eigenvalue weighted by molar-refractivity contribution is -0.140. The van der Waals surface area contributed by atoms with Crippen LogP contribution in [0.25, 0.3) is 0 Å². The molecule has 1 fully saturated rings. The Bertz CT molecular complexity index is 479. The van der Waals surface area contributed by atoms with Crippen LogP contribution in [0.2, 0.25) is 0 Å². The average Bonchev–Trinajstić information content (AvgIpc) is 2.39. The lowest BCUT2D eigenvalue weighted by Gasteiger charge is -2.43. The summed E-state index contributed by atoms with van der Waals surface area (Å²) in [5, 5.41) is 12.5. The third kappa shape index (κ3) is 1.92. The summed E-state index contributed by atoms with van der Waals surface area (Å²) in [6.45, 7) is 1.14. The average molecular weight is 265 g/mol. The fraction of sp³-hybridized carbons (Fsp3) is 0.462. The first-order chi connectivity index (χ1) is 8.71. The monoisotopic (exact) mass is 265 g/mol. The Labute approximate surface area is 110 Å².